The van der Waals surface area contributed by atoms with Gasteiger partial charge in [-0.3, -0.25) is 19.4 Å². The zero-order valence-corrected chi connectivity index (χ0v) is 19.8. The van der Waals surface area contributed by atoms with E-state index in [4.69, 9.17) is 18.9 Å². The van der Waals surface area contributed by atoms with Crippen molar-refractivity contribution in [1.82, 2.24) is 9.78 Å². The fourth-order valence-electron chi connectivity index (χ4n) is 4.45. The van der Waals surface area contributed by atoms with Crippen molar-refractivity contribution in [2.45, 2.75) is 43.6 Å². The van der Waals surface area contributed by atoms with Crippen molar-refractivity contribution in [3.63, 3.8) is 0 Å². The largest absolute Gasteiger partial charge is 0.493 e. The van der Waals surface area contributed by atoms with Gasteiger partial charge in [-0.25, -0.2) is 0 Å². The number of H-pyrrole nitrogens is 1. The van der Waals surface area contributed by atoms with Crippen LogP contribution in [-0.2, 0) is 9.53 Å². The van der Waals surface area contributed by atoms with Crippen LogP contribution in [0.25, 0.3) is 0 Å². The summed E-state index contributed by atoms with van der Waals surface area (Å²) < 4.78 is 24.1. The number of fused-ring (bicyclic) bond motifs is 1. The van der Waals surface area contributed by atoms with Crippen molar-refractivity contribution in [1.29, 1.82) is 0 Å². The van der Waals surface area contributed by atoms with E-state index in [0.717, 1.165) is 18.4 Å². The monoisotopic (exact) mass is 463 g/mol. The third kappa shape index (κ3) is 4.09. The van der Waals surface area contributed by atoms with Gasteiger partial charge in [-0.2, -0.15) is 0 Å². The highest BCUT2D eigenvalue weighted by molar-refractivity contribution is 8.00. The van der Waals surface area contributed by atoms with E-state index in [1.165, 1.54) is 11.8 Å². The number of amides is 1. The summed E-state index contributed by atoms with van der Waals surface area (Å²) in [4.78, 5) is 25.8. The van der Waals surface area contributed by atoms with Gasteiger partial charge in [-0.15, -0.1) is 11.8 Å². The number of thioether (sulfide) groups is 1. The van der Waals surface area contributed by atoms with Crippen molar-refractivity contribution >= 4 is 23.5 Å². The Balaban J connectivity index is 1.84. The highest BCUT2D eigenvalue weighted by Crippen LogP contribution is 2.47. The molecule has 2 atom stereocenters. The predicted octanol–water partition coefficient (Wildman–Crippen LogP) is 3.11. The molecule has 9 nitrogen and oxygen atoms in total. The quantitative estimate of drug-likeness (QED) is 0.702. The van der Waals surface area contributed by atoms with Gasteiger partial charge in [0.1, 0.15) is 5.82 Å². The molecule has 1 aromatic heterocycles. The first-order chi connectivity index (χ1) is 15.3. The summed E-state index contributed by atoms with van der Waals surface area (Å²) in [5.74, 6) is 2.05. The highest BCUT2D eigenvalue weighted by Gasteiger charge is 2.36. The van der Waals surface area contributed by atoms with E-state index in [9.17, 15) is 9.59 Å². The Morgan fingerprint density at radius 2 is 1.81 bits per heavy atom. The first-order valence-corrected chi connectivity index (χ1v) is 11.5. The number of rotatable bonds is 5. The molecule has 0 spiro atoms. The van der Waals surface area contributed by atoms with E-state index in [2.05, 4.69) is 10.4 Å². The molecule has 0 aliphatic carbocycles. The average Bonchev–Trinajstić information content (AvgIpc) is 2.97. The molecule has 0 saturated carbocycles. The molecule has 10 heteroatoms. The zero-order chi connectivity index (χ0) is 23.0. The maximum Gasteiger partial charge on any atom is 0.270 e. The second-order valence-electron chi connectivity index (χ2n) is 8.53. The number of methoxy groups -OCH3 is 3. The molecule has 2 aliphatic rings. The molecule has 1 saturated heterocycles. The summed E-state index contributed by atoms with van der Waals surface area (Å²) in [6.07, 6.45) is 1.47. The normalized spacial score (nSPS) is 22.5. The minimum atomic E-state index is -0.393. The molecular weight excluding hydrogens is 434 g/mol. The van der Waals surface area contributed by atoms with Gasteiger partial charge in [-0.1, -0.05) is 0 Å². The summed E-state index contributed by atoms with van der Waals surface area (Å²) in [6.45, 7) is 4.66. The van der Waals surface area contributed by atoms with E-state index >= 15 is 0 Å². The number of carbonyl (C=O) groups excluding carboxylic acids is 1. The molecule has 2 N–H and O–H groups in total. The maximum absolute atomic E-state index is 13.2. The van der Waals surface area contributed by atoms with Gasteiger partial charge in [-0.05, 0) is 44.4 Å². The second kappa shape index (κ2) is 8.74. The molecule has 174 valence electrons. The summed E-state index contributed by atoms with van der Waals surface area (Å²) in [5.41, 5.74) is 0.770. The van der Waals surface area contributed by atoms with E-state index in [1.807, 2.05) is 30.7 Å². The van der Waals surface area contributed by atoms with Crippen LogP contribution in [0.5, 0.6) is 17.2 Å². The Bertz CT molecular complexity index is 1050. The van der Waals surface area contributed by atoms with E-state index in [0.29, 0.717) is 35.2 Å². The molecule has 1 aromatic carbocycles. The van der Waals surface area contributed by atoms with Gasteiger partial charge in [0.25, 0.3) is 5.56 Å². The van der Waals surface area contributed by atoms with E-state index in [1.54, 1.807) is 21.3 Å². The van der Waals surface area contributed by atoms with Crippen molar-refractivity contribution in [2.24, 2.45) is 0 Å². The van der Waals surface area contributed by atoms with Crippen molar-refractivity contribution < 1.29 is 23.7 Å². The minimum absolute atomic E-state index is 0.0131. The van der Waals surface area contributed by atoms with Crippen LogP contribution in [-0.4, -0.2) is 55.0 Å². The van der Waals surface area contributed by atoms with Crippen LogP contribution in [0.4, 0.5) is 5.82 Å². The van der Waals surface area contributed by atoms with Gasteiger partial charge >= 0.3 is 0 Å². The number of hydrogen-bond acceptors (Lipinski definition) is 7. The van der Waals surface area contributed by atoms with Crippen LogP contribution in [0.3, 0.4) is 0 Å². The van der Waals surface area contributed by atoms with Gasteiger partial charge in [0.05, 0.1) is 49.5 Å². The summed E-state index contributed by atoms with van der Waals surface area (Å²) in [5, 5.41) is 5.55. The van der Waals surface area contributed by atoms with Gasteiger partial charge in [0.2, 0.25) is 11.7 Å². The molecular formula is C22H29N3O6S. The molecule has 4 rings (SSSR count). The Morgan fingerprint density at radius 3 is 2.41 bits per heavy atom. The fourth-order valence-corrected chi connectivity index (χ4v) is 5.56. The molecule has 32 heavy (non-hydrogen) atoms. The number of nitrogens with one attached hydrogen (secondary N) is 2. The van der Waals surface area contributed by atoms with Crippen LogP contribution < -0.4 is 25.1 Å². The lowest BCUT2D eigenvalue weighted by atomic mass is 9.94. The van der Waals surface area contributed by atoms with Crippen LogP contribution >= 0.6 is 11.8 Å². The number of carbonyl (C=O) groups is 1. The molecule has 3 heterocycles. The predicted molar refractivity (Wildman–Crippen MR) is 122 cm³/mol. The van der Waals surface area contributed by atoms with Crippen molar-refractivity contribution in [3.05, 3.63) is 33.6 Å². The highest BCUT2D eigenvalue weighted by atomic mass is 32.2. The van der Waals surface area contributed by atoms with E-state index in [-0.39, 0.29) is 28.9 Å². The molecule has 0 radical (unpaired) electrons. The lowest BCUT2D eigenvalue weighted by Crippen LogP contribution is -2.36. The lowest BCUT2D eigenvalue weighted by Gasteiger charge is -2.36. The van der Waals surface area contributed by atoms with Gasteiger partial charge < -0.3 is 24.3 Å². The summed E-state index contributed by atoms with van der Waals surface area (Å²) in [7, 11) is 4.64. The third-order valence-corrected chi connectivity index (χ3v) is 7.16. The number of aromatic amines is 1. The Morgan fingerprint density at radius 1 is 1.12 bits per heavy atom. The van der Waals surface area contributed by atoms with Crippen LogP contribution in [0.1, 0.15) is 49.1 Å². The van der Waals surface area contributed by atoms with Crippen LogP contribution in [0.15, 0.2) is 16.9 Å². The third-order valence-electron chi connectivity index (χ3n) is 5.89. The average molecular weight is 464 g/mol. The standard InChI is InChI=1S/C22H29N3O6S/c1-22(2)10-13(6-7-31-22)25-20-17(21(27)24-25)19(32-11-16(26)23-20)12-8-14(28-3)18(30-5)15(9-12)29-4/h8-9,13,19H,6-7,10-11H2,1-5H3,(H,23,26)(H,24,27)/t13-,19-/m1/s1. The smallest absolute Gasteiger partial charge is 0.270 e. The molecule has 1 fully saturated rings. The number of anilines is 1. The summed E-state index contributed by atoms with van der Waals surface area (Å²) >= 11 is 1.39. The fraction of sp³-hybridized carbons (Fsp3) is 0.545. The first-order valence-electron chi connectivity index (χ1n) is 10.5. The molecule has 2 aromatic rings. The topological polar surface area (TPSA) is 104 Å². The van der Waals surface area contributed by atoms with Crippen LogP contribution in [0.2, 0.25) is 0 Å². The molecule has 0 unspecified atom stereocenters. The maximum atomic E-state index is 13.2. The Labute approximate surface area is 190 Å². The Hall–Kier alpha value is -2.59. The second-order valence-corrected chi connectivity index (χ2v) is 9.62. The van der Waals surface area contributed by atoms with Gasteiger partial charge in [0, 0.05) is 6.61 Å². The number of hydrogen-bond donors (Lipinski definition) is 2. The lowest BCUT2D eigenvalue weighted by molar-refractivity contribution is -0.113. The number of benzene rings is 1. The SMILES string of the molecule is COc1cc([C@H]2SCC(=O)Nc3c2c(=O)[nH]n3[C@@H]2CCOC(C)(C)C2)cc(OC)c1OC. The number of aromatic nitrogens is 2. The van der Waals surface area contributed by atoms with Crippen molar-refractivity contribution in [2.75, 3.05) is 39.0 Å². The Kier molecular flexibility index (Phi) is 6.17. The molecule has 2 aliphatic heterocycles. The first kappa shape index (κ1) is 22.6. The minimum Gasteiger partial charge on any atom is -0.493 e. The van der Waals surface area contributed by atoms with E-state index < -0.39 is 5.25 Å². The van der Waals surface area contributed by atoms with Crippen molar-refractivity contribution in [3.8, 4) is 17.2 Å². The van der Waals surface area contributed by atoms with Crippen LogP contribution in [0, 0.1) is 0 Å². The van der Waals surface area contributed by atoms with Gasteiger partial charge in [0.15, 0.2) is 11.5 Å². The number of nitrogens with zero attached hydrogens (tertiary/aromatic N) is 1. The molecule has 0 bridgehead atoms. The zero-order valence-electron chi connectivity index (χ0n) is 18.9. The molecule has 1 amide bonds. The number of ether oxygens (including phenoxy) is 4. The summed E-state index contributed by atoms with van der Waals surface area (Å²) in [6, 6.07) is 3.67.